The largest absolute Gasteiger partial charge is 0.496 e. The molecule has 3 N–H and O–H groups in total. The Morgan fingerprint density at radius 2 is 1.96 bits per heavy atom. The van der Waals surface area contributed by atoms with Crippen molar-refractivity contribution in [3.8, 4) is 5.75 Å². The monoisotopic (exact) mass is 439 g/mol. The van der Waals surface area contributed by atoms with Crippen LogP contribution in [0.1, 0.15) is 36.5 Å². The molecule has 0 bridgehead atoms. The number of hydrogen-bond acceptors (Lipinski definition) is 2. The molecule has 2 aromatic rings. The van der Waals surface area contributed by atoms with Crippen LogP contribution in [0, 0.1) is 6.92 Å². The van der Waals surface area contributed by atoms with Crippen LogP contribution < -0.4 is 15.8 Å². The fourth-order valence-electron chi connectivity index (χ4n) is 2.32. The van der Waals surface area contributed by atoms with Crippen molar-refractivity contribution >= 4 is 35.6 Å². The van der Waals surface area contributed by atoms with Gasteiger partial charge in [0.1, 0.15) is 5.75 Å². The average Bonchev–Trinajstić information content (AvgIpc) is 2.53. The van der Waals surface area contributed by atoms with Crippen LogP contribution in [0.15, 0.2) is 47.5 Å². The Kier molecular flexibility index (Phi) is 8.04. The van der Waals surface area contributed by atoms with E-state index in [1.54, 1.807) is 7.11 Å². The van der Waals surface area contributed by atoms with E-state index in [9.17, 15) is 0 Å². The fraction of sp³-hybridized carbons (Fsp3) is 0.316. The highest BCUT2D eigenvalue weighted by Crippen LogP contribution is 2.21. The minimum absolute atomic E-state index is 0. The Morgan fingerprint density at radius 3 is 2.62 bits per heavy atom. The van der Waals surface area contributed by atoms with Crippen LogP contribution in [0.5, 0.6) is 5.75 Å². The van der Waals surface area contributed by atoms with E-state index in [1.165, 1.54) is 5.56 Å². The van der Waals surface area contributed by atoms with Gasteiger partial charge in [0.15, 0.2) is 5.96 Å². The summed E-state index contributed by atoms with van der Waals surface area (Å²) < 4.78 is 5.39. The zero-order chi connectivity index (χ0) is 16.8. The van der Waals surface area contributed by atoms with Crippen LogP contribution in [0.2, 0.25) is 0 Å². The van der Waals surface area contributed by atoms with Crippen LogP contribution in [0.3, 0.4) is 0 Å². The first-order valence-electron chi connectivity index (χ1n) is 7.80. The number of hydrogen-bond donors (Lipinski definition) is 2. The first kappa shape index (κ1) is 20.3. The molecule has 0 saturated heterocycles. The van der Waals surface area contributed by atoms with Crippen LogP contribution in [0.25, 0.3) is 0 Å². The average molecular weight is 439 g/mol. The van der Waals surface area contributed by atoms with Gasteiger partial charge in [-0.1, -0.05) is 38.1 Å². The molecule has 0 heterocycles. The number of anilines is 1. The van der Waals surface area contributed by atoms with Gasteiger partial charge in [0, 0.05) is 11.3 Å². The van der Waals surface area contributed by atoms with Gasteiger partial charge in [0.25, 0.3) is 0 Å². The molecule has 130 valence electrons. The lowest BCUT2D eigenvalue weighted by Gasteiger charge is -2.11. The Bertz CT molecular complexity index is 699. The number of nitrogens with two attached hydrogens (primary N) is 1. The van der Waals surface area contributed by atoms with Crippen molar-refractivity contribution in [1.29, 1.82) is 0 Å². The summed E-state index contributed by atoms with van der Waals surface area (Å²) >= 11 is 0. The maximum atomic E-state index is 6.00. The van der Waals surface area contributed by atoms with Crippen molar-refractivity contribution < 1.29 is 4.74 Å². The number of nitrogens with one attached hydrogen (secondary N) is 1. The predicted molar refractivity (Wildman–Crippen MR) is 113 cm³/mol. The summed E-state index contributed by atoms with van der Waals surface area (Å²) in [4.78, 5) is 4.41. The standard InChI is InChI=1S/C19H25N3O.HI/c1-13(2)15-6-5-7-17(11-15)22-19(20)21-12-16-9-8-14(3)10-18(16)23-4;/h5-11,13H,12H2,1-4H3,(H3,20,21,22);1H. The number of ether oxygens (including phenoxy) is 1. The normalized spacial score (nSPS) is 11.1. The van der Waals surface area contributed by atoms with E-state index in [2.05, 4.69) is 36.3 Å². The number of guanidine groups is 1. The second-order valence-corrected chi connectivity index (χ2v) is 5.92. The summed E-state index contributed by atoms with van der Waals surface area (Å²) in [6, 6.07) is 14.3. The van der Waals surface area contributed by atoms with Gasteiger partial charge in [0.2, 0.25) is 0 Å². The fourth-order valence-corrected chi connectivity index (χ4v) is 2.32. The van der Waals surface area contributed by atoms with E-state index in [0.717, 1.165) is 22.6 Å². The Labute approximate surface area is 161 Å². The van der Waals surface area contributed by atoms with Gasteiger partial charge in [-0.2, -0.15) is 0 Å². The molecule has 0 aromatic heterocycles. The summed E-state index contributed by atoms with van der Waals surface area (Å²) in [5, 5.41) is 3.14. The molecule has 0 unspecified atom stereocenters. The predicted octanol–water partition coefficient (Wildman–Crippen LogP) is 4.67. The molecule has 0 atom stereocenters. The van der Waals surface area contributed by atoms with E-state index < -0.39 is 0 Å². The Morgan fingerprint density at radius 1 is 1.21 bits per heavy atom. The lowest BCUT2D eigenvalue weighted by molar-refractivity contribution is 0.409. The van der Waals surface area contributed by atoms with E-state index in [1.807, 2.05) is 37.3 Å². The summed E-state index contributed by atoms with van der Waals surface area (Å²) in [7, 11) is 1.67. The number of nitrogens with zero attached hydrogens (tertiary/aromatic N) is 1. The van der Waals surface area contributed by atoms with Gasteiger partial charge >= 0.3 is 0 Å². The van der Waals surface area contributed by atoms with Gasteiger partial charge in [-0.15, -0.1) is 24.0 Å². The molecule has 2 rings (SSSR count). The van der Waals surface area contributed by atoms with Crippen molar-refractivity contribution in [2.24, 2.45) is 10.7 Å². The van der Waals surface area contributed by atoms with Crippen molar-refractivity contribution in [3.05, 3.63) is 59.2 Å². The molecule has 5 heteroatoms. The molecule has 0 amide bonds. The topological polar surface area (TPSA) is 59.6 Å². The molecule has 0 spiro atoms. The zero-order valence-electron chi connectivity index (χ0n) is 14.7. The van der Waals surface area contributed by atoms with Gasteiger partial charge in [0.05, 0.1) is 13.7 Å². The SMILES string of the molecule is COc1cc(C)ccc1CN=C(N)Nc1cccc(C(C)C)c1.I. The number of methoxy groups -OCH3 is 1. The van der Waals surface area contributed by atoms with Crippen molar-refractivity contribution in [1.82, 2.24) is 0 Å². The quantitative estimate of drug-likeness (QED) is 0.405. The zero-order valence-corrected chi connectivity index (χ0v) is 17.0. The van der Waals surface area contributed by atoms with Crippen LogP contribution in [-0.2, 0) is 6.54 Å². The van der Waals surface area contributed by atoms with Crippen LogP contribution >= 0.6 is 24.0 Å². The van der Waals surface area contributed by atoms with Crippen molar-refractivity contribution in [2.45, 2.75) is 33.2 Å². The molecule has 0 fully saturated rings. The van der Waals surface area contributed by atoms with Crippen LogP contribution in [-0.4, -0.2) is 13.1 Å². The first-order chi connectivity index (χ1) is 11.0. The number of aryl methyl sites for hydroxylation is 1. The van der Waals surface area contributed by atoms with Gasteiger partial charge < -0.3 is 15.8 Å². The lowest BCUT2D eigenvalue weighted by atomic mass is 10.0. The molecule has 0 aliphatic rings. The molecule has 0 radical (unpaired) electrons. The smallest absolute Gasteiger partial charge is 0.193 e. The van der Waals surface area contributed by atoms with E-state index >= 15 is 0 Å². The third kappa shape index (κ3) is 5.70. The van der Waals surface area contributed by atoms with E-state index in [4.69, 9.17) is 10.5 Å². The second kappa shape index (κ2) is 9.52. The number of halogens is 1. The van der Waals surface area contributed by atoms with E-state index in [-0.39, 0.29) is 24.0 Å². The minimum Gasteiger partial charge on any atom is -0.496 e. The van der Waals surface area contributed by atoms with Gasteiger partial charge in [-0.3, -0.25) is 0 Å². The molecule has 24 heavy (non-hydrogen) atoms. The van der Waals surface area contributed by atoms with Crippen molar-refractivity contribution in [3.63, 3.8) is 0 Å². The first-order valence-corrected chi connectivity index (χ1v) is 7.80. The minimum atomic E-state index is 0. The third-order valence-electron chi connectivity index (χ3n) is 3.69. The molecule has 0 saturated carbocycles. The molecule has 0 aliphatic heterocycles. The molecule has 2 aromatic carbocycles. The Hall–Kier alpha value is -1.76. The van der Waals surface area contributed by atoms with E-state index in [0.29, 0.717) is 18.4 Å². The highest BCUT2D eigenvalue weighted by molar-refractivity contribution is 14.0. The number of rotatable bonds is 5. The van der Waals surface area contributed by atoms with Crippen LogP contribution in [0.4, 0.5) is 5.69 Å². The summed E-state index contributed by atoms with van der Waals surface area (Å²) in [5.74, 6) is 1.71. The van der Waals surface area contributed by atoms with Gasteiger partial charge in [-0.25, -0.2) is 4.99 Å². The maximum Gasteiger partial charge on any atom is 0.193 e. The maximum absolute atomic E-state index is 6.00. The third-order valence-corrected chi connectivity index (χ3v) is 3.69. The summed E-state index contributed by atoms with van der Waals surface area (Å²) in [5.41, 5.74) is 10.4. The summed E-state index contributed by atoms with van der Waals surface area (Å²) in [6.45, 7) is 6.85. The molecule has 0 aliphatic carbocycles. The number of aliphatic imine (C=N–C) groups is 1. The lowest BCUT2D eigenvalue weighted by Crippen LogP contribution is -2.22. The highest BCUT2D eigenvalue weighted by Gasteiger charge is 2.04. The summed E-state index contributed by atoms with van der Waals surface area (Å²) in [6.07, 6.45) is 0. The number of benzene rings is 2. The van der Waals surface area contributed by atoms with Crippen molar-refractivity contribution in [2.75, 3.05) is 12.4 Å². The highest BCUT2D eigenvalue weighted by atomic mass is 127. The molecular formula is C19H26IN3O. The molecule has 4 nitrogen and oxygen atoms in total. The molecular weight excluding hydrogens is 413 g/mol. The second-order valence-electron chi connectivity index (χ2n) is 5.92. The Balaban J connectivity index is 0.00000288. The van der Waals surface area contributed by atoms with Gasteiger partial charge in [-0.05, 0) is 42.2 Å².